The van der Waals surface area contributed by atoms with Crippen molar-refractivity contribution in [2.24, 2.45) is 0 Å². The molecule has 0 spiro atoms. The summed E-state index contributed by atoms with van der Waals surface area (Å²) in [6.45, 7) is 7.43. The van der Waals surface area contributed by atoms with Crippen LogP contribution in [0.15, 0.2) is 10.7 Å². The average molecular weight is 319 g/mol. The third kappa shape index (κ3) is 3.06. The van der Waals surface area contributed by atoms with E-state index in [9.17, 15) is 4.79 Å². The van der Waals surface area contributed by atoms with Crippen LogP contribution >= 0.6 is 11.3 Å². The highest BCUT2D eigenvalue weighted by molar-refractivity contribution is 7.11. The number of carbonyl (C=O) groups excluding carboxylic acids is 1. The number of piperidine rings is 1. The summed E-state index contributed by atoms with van der Waals surface area (Å²) >= 11 is 1.74. The standard InChI is InChI=1S/C16H21N3O2S/c1-10-8-17-16(22-10)13-5-4-6-19(9-13)15(20)7-14-11(2)18-21-12(14)3/h8,13H,4-7,9H2,1-3H3/t13-/m0/s1. The molecule has 5 nitrogen and oxygen atoms in total. The van der Waals surface area contributed by atoms with Gasteiger partial charge < -0.3 is 9.42 Å². The van der Waals surface area contributed by atoms with E-state index < -0.39 is 0 Å². The minimum atomic E-state index is 0.160. The summed E-state index contributed by atoms with van der Waals surface area (Å²) in [5, 5.41) is 5.09. The largest absolute Gasteiger partial charge is 0.361 e. The number of thiazole rings is 1. The molecule has 2 aromatic heterocycles. The number of likely N-dealkylation sites (tertiary alicyclic amines) is 1. The first-order valence-electron chi connectivity index (χ1n) is 7.66. The Labute approximate surface area is 134 Å². The second kappa shape index (κ2) is 6.20. The molecule has 0 bridgehead atoms. The molecule has 1 aliphatic rings. The molecular formula is C16H21N3O2S. The molecule has 3 heterocycles. The van der Waals surface area contributed by atoms with Gasteiger partial charge >= 0.3 is 0 Å². The van der Waals surface area contributed by atoms with Crippen LogP contribution in [0.2, 0.25) is 0 Å². The van der Waals surface area contributed by atoms with Gasteiger partial charge in [0.15, 0.2) is 0 Å². The van der Waals surface area contributed by atoms with Crippen molar-refractivity contribution in [2.75, 3.05) is 13.1 Å². The molecule has 1 fully saturated rings. The summed E-state index contributed by atoms with van der Waals surface area (Å²) < 4.78 is 5.15. The molecule has 1 saturated heterocycles. The third-order valence-electron chi connectivity index (χ3n) is 4.27. The first kappa shape index (κ1) is 15.2. The molecule has 1 aliphatic heterocycles. The third-order valence-corrected chi connectivity index (χ3v) is 5.35. The van der Waals surface area contributed by atoms with Gasteiger partial charge in [0.05, 0.1) is 17.1 Å². The lowest BCUT2D eigenvalue weighted by Gasteiger charge is -2.32. The summed E-state index contributed by atoms with van der Waals surface area (Å²) in [4.78, 5) is 20.3. The van der Waals surface area contributed by atoms with Gasteiger partial charge in [0.25, 0.3) is 0 Å². The molecule has 0 unspecified atom stereocenters. The smallest absolute Gasteiger partial charge is 0.227 e. The van der Waals surface area contributed by atoms with Crippen molar-refractivity contribution in [2.45, 2.75) is 46.0 Å². The lowest BCUT2D eigenvalue weighted by atomic mass is 9.98. The van der Waals surface area contributed by atoms with Gasteiger partial charge in [-0.05, 0) is 33.6 Å². The minimum absolute atomic E-state index is 0.160. The zero-order chi connectivity index (χ0) is 15.7. The Morgan fingerprint density at radius 1 is 1.45 bits per heavy atom. The van der Waals surface area contributed by atoms with Crippen LogP contribution in [0.3, 0.4) is 0 Å². The molecule has 0 saturated carbocycles. The number of aryl methyl sites for hydroxylation is 3. The fourth-order valence-corrected chi connectivity index (χ4v) is 3.88. The van der Waals surface area contributed by atoms with Crippen LogP contribution in [0.1, 0.15) is 45.7 Å². The van der Waals surface area contributed by atoms with Gasteiger partial charge in [-0.15, -0.1) is 11.3 Å². The van der Waals surface area contributed by atoms with Gasteiger partial charge in [0, 0.05) is 35.6 Å². The number of hydrogen-bond donors (Lipinski definition) is 0. The highest BCUT2D eigenvalue weighted by Crippen LogP contribution is 2.30. The fourth-order valence-electron chi connectivity index (χ4n) is 2.98. The maximum Gasteiger partial charge on any atom is 0.227 e. The summed E-state index contributed by atoms with van der Waals surface area (Å²) in [5.74, 6) is 1.28. The van der Waals surface area contributed by atoms with E-state index in [1.54, 1.807) is 11.3 Å². The second-order valence-electron chi connectivity index (χ2n) is 5.97. The Morgan fingerprint density at radius 3 is 2.91 bits per heavy atom. The fraction of sp³-hybridized carbons (Fsp3) is 0.562. The second-order valence-corrected chi connectivity index (χ2v) is 7.23. The predicted molar refractivity (Wildman–Crippen MR) is 85.1 cm³/mol. The Balaban J connectivity index is 1.68. The average Bonchev–Trinajstić information content (AvgIpc) is 3.08. The van der Waals surface area contributed by atoms with E-state index in [4.69, 9.17) is 4.52 Å². The summed E-state index contributed by atoms with van der Waals surface area (Å²) in [5.41, 5.74) is 1.74. The van der Waals surface area contributed by atoms with Crippen molar-refractivity contribution in [3.63, 3.8) is 0 Å². The van der Waals surface area contributed by atoms with E-state index in [0.29, 0.717) is 12.3 Å². The van der Waals surface area contributed by atoms with Crippen molar-refractivity contribution in [3.05, 3.63) is 33.1 Å². The first-order chi connectivity index (χ1) is 10.5. The molecule has 118 valence electrons. The van der Waals surface area contributed by atoms with Crippen molar-refractivity contribution in [1.82, 2.24) is 15.0 Å². The Hall–Kier alpha value is -1.69. The maximum absolute atomic E-state index is 12.6. The van der Waals surface area contributed by atoms with Crippen LogP contribution < -0.4 is 0 Å². The van der Waals surface area contributed by atoms with Gasteiger partial charge in [0.2, 0.25) is 5.91 Å². The van der Waals surface area contributed by atoms with E-state index in [1.807, 2.05) is 24.9 Å². The van der Waals surface area contributed by atoms with E-state index >= 15 is 0 Å². The van der Waals surface area contributed by atoms with Crippen molar-refractivity contribution < 1.29 is 9.32 Å². The lowest BCUT2D eigenvalue weighted by molar-refractivity contribution is -0.131. The Kier molecular flexibility index (Phi) is 4.29. The van der Waals surface area contributed by atoms with E-state index in [-0.39, 0.29) is 5.91 Å². The van der Waals surface area contributed by atoms with Crippen LogP contribution in [0.5, 0.6) is 0 Å². The number of aromatic nitrogens is 2. The molecule has 2 aromatic rings. The number of nitrogens with zero attached hydrogens (tertiary/aromatic N) is 3. The molecule has 0 aromatic carbocycles. The summed E-state index contributed by atoms with van der Waals surface area (Å²) in [6.07, 6.45) is 4.45. The summed E-state index contributed by atoms with van der Waals surface area (Å²) in [6, 6.07) is 0. The van der Waals surface area contributed by atoms with Crippen molar-refractivity contribution in [3.8, 4) is 0 Å². The van der Waals surface area contributed by atoms with Gasteiger partial charge in [0.1, 0.15) is 5.76 Å². The number of amides is 1. The van der Waals surface area contributed by atoms with Gasteiger partial charge in [-0.1, -0.05) is 5.16 Å². The van der Waals surface area contributed by atoms with Gasteiger partial charge in [-0.25, -0.2) is 4.98 Å². The molecule has 6 heteroatoms. The molecule has 1 amide bonds. The zero-order valence-electron chi connectivity index (χ0n) is 13.3. The van der Waals surface area contributed by atoms with Crippen LogP contribution in [0, 0.1) is 20.8 Å². The number of hydrogen-bond acceptors (Lipinski definition) is 5. The highest BCUT2D eigenvalue weighted by Gasteiger charge is 2.27. The highest BCUT2D eigenvalue weighted by atomic mass is 32.1. The van der Waals surface area contributed by atoms with E-state index in [2.05, 4.69) is 17.1 Å². The molecule has 22 heavy (non-hydrogen) atoms. The maximum atomic E-state index is 12.6. The lowest BCUT2D eigenvalue weighted by Crippen LogP contribution is -2.40. The molecule has 0 N–H and O–H groups in total. The quantitative estimate of drug-likeness (QED) is 0.872. The van der Waals surface area contributed by atoms with Crippen LogP contribution in [0.25, 0.3) is 0 Å². The molecular weight excluding hydrogens is 298 g/mol. The van der Waals surface area contributed by atoms with Crippen LogP contribution in [-0.4, -0.2) is 34.0 Å². The Bertz CT molecular complexity index is 657. The van der Waals surface area contributed by atoms with E-state index in [0.717, 1.165) is 48.0 Å². The monoisotopic (exact) mass is 319 g/mol. The molecule has 0 radical (unpaired) electrons. The van der Waals surface area contributed by atoms with E-state index in [1.165, 1.54) is 4.88 Å². The van der Waals surface area contributed by atoms with Crippen molar-refractivity contribution >= 4 is 17.2 Å². The first-order valence-corrected chi connectivity index (χ1v) is 8.48. The normalized spacial score (nSPS) is 18.7. The van der Waals surface area contributed by atoms with Crippen LogP contribution in [-0.2, 0) is 11.2 Å². The minimum Gasteiger partial charge on any atom is -0.361 e. The SMILES string of the molecule is Cc1cnc([C@H]2CCCN(C(=O)Cc3c(C)noc3C)C2)s1. The van der Waals surface area contributed by atoms with Gasteiger partial charge in [-0.2, -0.15) is 0 Å². The molecule has 1 atom stereocenters. The van der Waals surface area contributed by atoms with Crippen molar-refractivity contribution in [1.29, 1.82) is 0 Å². The zero-order valence-corrected chi connectivity index (χ0v) is 14.1. The molecule has 3 rings (SSSR count). The molecule has 0 aliphatic carbocycles. The number of rotatable bonds is 3. The predicted octanol–water partition coefficient (Wildman–Crippen LogP) is 3.01. The number of carbonyl (C=O) groups is 1. The van der Waals surface area contributed by atoms with Gasteiger partial charge in [-0.3, -0.25) is 4.79 Å². The topological polar surface area (TPSA) is 59.2 Å². The Morgan fingerprint density at radius 2 is 2.27 bits per heavy atom. The van der Waals surface area contributed by atoms with Crippen LogP contribution in [0.4, 0.5) is 0 Å². The summed E-state index contributed by atoms with van der Waals surface area (Å²) in [7, 11) is 0.